The van der Waals surface area contributed by atoms with E-state index >= 15 is 0 Å². The van der Waals surface area contributed by atoms with Crippen molar-refractivity contribution < 1.29 is 9.90 Å². The van der Waals surface area contributed by atoms with Crippen LogP contribution in [0.3, 0.4) is 0 Å². The Kier molecular flexibility index (Phi) is 3.78. The number of hydrogen-bond donors (Lipinski definition) is 2. The molecule has 2 aromatic heterocycles. The first-order valence-electron chi connectivity index (χ1n) is 6.71. The van der Waals surface area contributed by atoms with Crippen LogP contribution in [0.2, 0.25) is 0 Å². The minimum Gasteiger partial charge on any atom is -0.506 e. The molecular formula is C17H13N3O2. The minimum absolute atomic E-state index is 0.0131. The Morgan fingerprint density at radius 3 is 2.45 bits per heavy atom. The third-order valence-corrected chi connectivity index (χ3v) is 3.11. The van der Waals surface area contributed by atoms with E-state index in [0.29, 0.717) is 22.6 Å². The van der Waals surface area contributed by atoms with E-state index in [1.54, 1.807) is 54.9 Å². The van der Waals surface area contributed by atoms with Crippen LogP contribution < -0.4 is 5.32 Å². The van der Waals surface area contributed by atoms with E-state index in [-0.39, 0.29) is 11.7 Å². The van der Waals surface area contributed by atoms with Crippen molar-refractivity contribution >= 4 is 11.6 Å². The maximum atomic E-state index is 12.5. The number of para-hydroxylation sites is 2. The van der Waals surface area contributed by atoms with Gasteiger partial charge in [-0.15, -0.1) is 0 Å². The number of nitrogens with zero attached hydrogens (tertiary/aromatic N) is 2. The van der Waals surface area contributed by atoms with Gasteiger partial charge in [0.15, 0.2) is 0 Å². The molecule has 5 heteroatoms. The Hall–Kier alpha value is -3.21. The third-order valence-electron chi connectivity index (χ3n) is 3.11. The molecule has 3 rings (SSSR count). The van der Waals surface area contributed by atoms with E-state index in [1.165, 1.54) is 6.07 Å². The lowest BCUT2D eigenvalue weighted by Gasteiger charge is -2.10. The number of phenols is 1. The lowest BCUT2D eigenvalue weighted by Crippen LogP contribution is -2.14. The van der Waals surface area contributed by atoms with Gasteiger partial charge in [-0.1, -0.05) is 18.2 Å². The van der Waals surface area contributed by atoms with Gasteiger partial charge in [0.2, 0.25) is 0 Å². The van der Waals surface area contributed by atoms with Gasteiger partial charge in [-0.05, 0) is 36.4 Å². The Labute approximate surface area is 127 Å². The Bertz CT molecular complexity index is 804. The summed E-state index contributed by atoms with van der Waals surface area (Å²) in [6.07, 6.45) is 3.26. The van der Waals surface area contributed by atoms with Gasteiger partial charge in [-0.25, -0.2) is 0 Å². The maximum absolute atomic E-state index is 12.5. The fourth-order valence-electron chi connectivity index (χ4n) is 2.06. The van der Waals surface area contributed by atoms with Crippen LogP contribution in [0.5, 0.6) is 5.75 Å². The summed E-state index contributed by atoms with van der Waals surface area (Å²) in [5.74, 6) is -0.339. The summed E-state index contributed by atoms with van der Waals surface area (Å²) in [4.78, 5) is 20.9. The van der Waals surface area contributed by atoms with E-state index in [0.717, 1.165) is 0 Å². The number of amides is 1. The molecule has 0 atom stereocenters. The summed E-state index contributed by atoms with van der Waals surface area (Å²) in [6.45, 7) is 0. The van der Waals surface area contributed by atoms with Crippen LogP contribution in [0.1, 0.15) is 10.4 Å². The first-order chi connectivity index (χ1) is 10.8. The quantitative estimate of drug-likeness (QED) is 0.727. The van der Waals surface area contributed by atoms with E-state index in [9.17, 15) is 9.90 Å². The molecule has 2 N–H and O–H groups in total. The van der Waals surface area contributed by atoms with Crippen molar-refractivity contribution in [3.8, 4) is 17.1 Å². The smallest absolute Gasteiger partial charge is 0.258 e. The molecule has 0 fully saturated rings. The fraction of sp³-hybridized carbons (Fsp3) is 0. The number of phenolic OH excluding ortho intramolecular Hbond substituents is 1. The lowest BCUT2D eigenvalue weighted by molar-refractivity contribution is 0.102. The van der Waals surface area contributed by atoms with E-state index in [1.807, 2.05) is 6.07 Å². The number of nitrogens with one attached hydrogen (secondary N) is 1. The van der Waals surface area contributed by atoms with Crippen molar-refractivity contribution in [2.24, 2.45) is 0 Å². The van der Waals surface area contributed by atoms with Crippen LogP contribution in [-0.2, 0) is 0 Å². The highest BCUT2D eigenvalue weighted by molar-refractivity contribution is 6.08. The second-order valence-electron chi connectivity index (χ2n) is 4.59. The van der Waals surface area contributed by atoms with Crippen molar-refractivity contribution in [2.45, 2.75) is 0 Å². The zero-order chi connectivity index (χ0) is 15.4. The first-order valence-corrected chi connectivity index (χ1v) is 6.71. The second-order valence-corrected chi connectivity index (χ2v) is 4.59. The Balaban J connectivity index is 1.96. The summed E-state index contributed by atoms with van der Waals surface area (Å²) >= 11 is 0. The van der Waals surface area contributed by atoms with Gasteiger partial charge < -0.3 is 10.4 Å². The zero-order valence-corrected chi connectivity index (χ0v) is 11.6. The zero-order valence-electron chi connectivity index (χ0n) is 11.6. The van der Waals surface area contributed by atoms with Crippen molar-refractivity contribution in [3.05, 3.63) is 72.6 Å². The van der Waals surface area contributed by atoms with Crippen molar-refractivity contribution in [1.29, 1.82) is 0 Å². The molecule has 0 aliphatic rings. The SMILES string of the molecule is O=C(Nc1ccccc1O)c1cccnc1-c1ccccn1. The Morgan fingerprint density at radius 1 is 0.909 bits per heavy atom. The first kappa shape index (κ1) is 13.8. The summed E-state index contributed by atoms with van der Waals surface area (Å²) in [5.41, 5.74) is 1.86. The molecular weight excluding hydrogens is 278 g/mol. The highest BCUT2D eigenvalue weighted by Gasteiger charge is 2.15. The molecule has 5 nitrogen and oxygen atoms in total. The van der Waals surface area contributed by atoms with Crippen molar-refractivity contribution in [1.82, 2.24) is 9.97 Å². The number of hydrogen-bond acceptors (Lipinski definition) is 4. The largest absolute Gasteiger partial charge is 0.506 e. The highest BCUT2D eigenvalue weighted by atomic mass is 16.3. The molecule has 108 valence electrons. The van der Waals surface area contributed by atoms with Gasteiger partial charge in [0.05, 0.1) is 16.9 Å². The summed E-state index contributed by atoms with van der Waals surface area (Å²) in [5, 5.41) is 12.4. The van der Waals surface area contributed by atoms with Gasteiger partial charge in [0.1, 0.15) is 11.4 Å². The highest BCUT2D eigenvalue weighted by Crippen LogP contribution is 2.24. The van der Waals surface area contributed by atoms with Gasteiger partial charge in [-0.3, -0.25) is 14.8 Å². The van der Waals surface area contributed by atoms with Gasteiger partial charge in [0.25, 0.3) is 5.91 Å². The molecule has 1 aromatic carbocycles. The second kappa shape index (κ2) is 6.05. The van der Waals surface area contributed by atoms with Crippen LogP contribution in [0.25, 0.3) is 11.4 Å². The average Bonchev–Trinajstić information content (AvgIpc) is 2.58. The van der Waals surface area contributed by atoms with Crippen LogP contribution >= 0.6 is 0 Å². The lowest BCUT2D eigenvalue weighted by atomic mass is 10.1. The van der Waals surface area contributed by atoms with E-state index in [4.69, 9.17) is 0 Å². The molecule has 0 saturated heterocycles. The number of anilines is 1. The number of aromatic hydroxyl groups is 1. The molecule has 0 aliphatic carbocycles. The van der Waals surface area contributed by atoms with Gasteiger partial charge in [0, 0.05) is 12.4 Å². The van der Waals surface area contributed by atoms with Crippen LogP contribution in [0, 0.1) is 0 Å². The number of rotatable bonds is 3. The topological polar surface area (TPSA) is 75.1 Å². The summed E-state index contributed by atoms with van der Waals surface area (Å²) < 4.78 is 0. The molecule has 0 aliphatic heterocycles. The fourth-order valence-corrected chi connectivity index (χ4v) is 2.06. The van der Waals surface area contributed by atoms with Gasteiger partial charge >= 0.3 is 0 Å². The number of aromatic nitrogens is 2. The molecule has 2 heterocycles. The predicted octanol–water partition coefficient (Wildman–Crippen LogP) is 3.10. The number of benzene rings is 1. The molecule has 0 bridgehead atoms. The molecule has 0 unspecified atom stereocenters. The van der Waals surface area contributed by atoms with Crippen LogP contribution in [0.4, 0.5) is 5.69 Å². The van der Waals surface area contributed by atoms with E-state index in [2.05, 4.69) is 15.3 Å². The summed E-state index contributed by atoms with van der Waals surface area (Å²) in [7, 11) is 0. The van der Waals surface area contributed by atoms with Crippen LogP contribution in [0.15, 0.2) is 67.0 Å². The van der Waals surface area contributed by atoms with E-state index < -0.39 is 0 Å². The number of carbonyl (C=O) groups is 1. The molecule has 0 spiro atoms. The van der Waals surface area contributed by atoms with Crippen LogP contribution in [-0.4, -0.2) is 21.0 Å². The third kappa shape index (κ3) is 2.78. The maximum Gasteiger partial charge on any atom is 0.258 e. The number of carbonyl (C=O) groups excluding carboxylic acids is 1. The molecule has 0 saturated carbocycles. The predicted molar refractivity (Wildman–Crippen MR) is 83.5 cm³/mol. The molecule has 1 amide bonds. The number of pyridine rings is 2. The minimum atomic E-state index is -0.352. The molecule has 22 heavy (non-hydrogen) atoms. The van der Waals surface area contributed by atoms with Crippen molar-refractivity contribution in [2.75, 3.05) is 5.32 Å². The summed E-state index contributed by atoms with van der Waals surface area (Å²) in [6, 6.07) is 15.3. The monoisotopic (exact) mass is 291 g/mol. The van der Waals surface area contributed by atoms with Gasteiger partial charge in [-0.2, -0.15) is 0 Å². The molecule has 3 aromatic rings. The normalized spacial score (nSPS) is 10.2. The molecule has 0 radical (unpaired) electrons. The average molecular weight is 291 g/mol. The Morgan fingerprint density at radius 2 is 1.68 bits per heavy atom. The van der Waals surface area contributed by atoms with Crippen molar-refractivity contribution in [3.63, 3.8) is 0 Å². The standard InChI is InChI=1S/C17H13N3O2/c21-15-9-2-1-7-13(15)20-17(22)12-6-5-11-19-16(12)14-8-3-4-10-18-14/h1-11,21H,(H,20,22).